The monoisotopic (exact) mass is 188 g/mol. The fourth-order valence-electron chi connectivity index (χ4n) is 0.739. The van der Waals surface area contributed by atoms with Gasteiger partial charge in [-0.2, -0.15) is 0 Å². The number of nitrogens with zero attached hydrogens (tertiary/aromatic N) is 2. The van der Waals surface area contributed by atoms with Gasteiger partial charge in [-0.3, -0.25) is 0 Å². The van der Waals surface area contributed by atoms with E-state index in [1.807, 2.05) is 13.1 Å². The highest BCUT2D eigenvalue weighted by Crippen LogP contribution is 2.08. The van der Waals surface area contributed by atoms with Gasteiger partial charge in [0.25, 0.3) is 0 Å². The molecule has 3 heteroatoms. The highest BCUT2D eigenvalue weighted by Gasteiger charge is 1.96. The predicted octanol–water partition coefficient (Wildman–Crippen LogP) is 1.97. The van der Waals surface area contributed by atoms with Gasteiger partial charge < -0.3 is 4.57 Å². The van der Waals surface area contributed by atoms with Crippen LogP contribution in [0.25, 0.3) is 0 Å². The summed E-state index contributed by atoms with van der Waals surface area (Å²) >= 11 is 3.33. The van der Waals surface area contributed by atoms with E-state index >= 15 is 0 Å². The molecule has 0 bridgehead atoms. The van der Waals surface area contributed by atoms with E-state index in [-0.39, 0.29) is 0 Å². The van der Waals surface area contributed by atoms with Gasteiger partial charge in [0.1, 0.15) is 0 Å². The third-order valence-electron chi connectivity index (χ3n) is 1.19. The zero-order valence-corrected chi connectivity index (χ0v) is 7.14. The maximum absolute atomic E-state index is 4.16. The Hall–Kier alpha value is -0.310. The smallest absolute Gasteiger partial charge is 0.177 e. The molecule has 50 valence electrons. The molecule has 0 atom stereocenters. The third-order valence-corrected chi connectivity index (χ3v) is 1.82. The standard InChI is InChI=1S/C6H9BrN2/c1-3-9-4-5(2)8-6(9)7/h4H,3H2,1-2H3. The Kier molecular flexibility index (Phi) is 1.90. The van der Waals surface area contributed by atoms with Crippen molar-refractivity contribution in [2.24, 2.45) is 0 Å². The van der Waals surface area contributed by atoms with Crippen LogP contribution in [0.2, 0.25) is 0 Å². The minimum absolute atomic E-state index is 0.919. The topological polar surface area (TPSA) is 17.8 Å². The highest BCUT2D eigenvalue weighted by atomic mass is 79.9. The molecule has 0 aliphatic rings. The van der Waals surface area contributed by atoms with Gasteiger partial charge in [-0.25, -0.2) is 4.98 Å². The first-order valence-electron chi connectivity index (χ1n) is 2.93. The molecule has 0 saturated heterocycles. The van der Waals surface area contributed by atoms with Crippen molar-refractivity contribution in [3.63, 3.8) is 0 Å². The Morgan fingerprint density at radius 1 is 1.78 bits per heavy atom. The zero-order chi connectivity index (χ0) is 6.85. The van der Waals surface area contributed by atoms with Gasteiger partial charge in [0.05, 0.1) is 5.69 Å². The van der Waals surface area contributed by atoms with Gasteiger partial charge >= 0.3 is 0 Å². The van der Waals surface area contributed by atoms with Crippen molar-refractivity contribution in [3.8, 4) is 0 Å². The molecular formula is C6H9BrN2. The summed E-state index contributed by atoms with van der Waals surface area (Å²) in [4.78, 5) is 4.16. The van der Waals surface area contributed by atoms with Gasteiger partial charge in [-0.1, -0.05) is 0 Å². The molecule has 1 aromatic heterocycles. The molecule has 0 aromatic carbocycles. The van der Waals surface area contributed by atoms with E-state index in [4.69, 9.17) is 0 Å². The second kappa shape index (κ2) is 2.52. The Balaban J connectivity index is 3.01. The van der Waals surface area contributed by atoms with Crippen LogP contribution in [-0.2, 0) is 6.54 Å². The van der Waals surface area contributed by atoms with E-state index in [0.717, 1.165) is 17.0 Å². The molecule has 1 rings (SSSR count). The lowest BCUT2D eigenvalue weighted by molar-refractivity contribution is 0.741. The van der Waals surface area contributed by atoms with Crippen molar-refractivity contribution in [1.82, 2.24) is 9.55 Å². The fourth-order valence-corrected chi connectivity index (χ4v) is 1.37. The summed E-state index contributed by atoms with van der Waals surface area (Å²) in [6, 6.07) is 0. The van der Waals surface area contributed by atoms with Crippen LogP contribution < -0.4 is 0 Å². The van der Waals surface area contributed by atoms with Crippen molar-refractivity contribution >= 4 is 15.9 Å². The van der Waals surface area contributed by atoms with Crippen LogP contribution in [-0.4, -0.2) is 9.55 Å². The van der Waals surface area contributed by atoms with Crippen LogP contribution in [0.15, 0.2) is 10.9 Å². The van der Waals surface area contributed by atoms with Crippen LogP contribution in [0.5, 0.6) is 0 Å². The molecule has 0 spiro atoms. The quantitative estimate of drug-likeness (QED) is 0.660. The van der Waals surface area contributed by atoms with Gasteiger partial charge in [0.2, 0.25) is 0 Å². The molecule has 1 aromatic rings. The van der Waals surface area contributed by atoms with E-state index in [1.165, 1.54) is 0 Å². The molecule has 0 unspecified atom stereocenters. The average molecular weight is 189 g/mol. The van der Waals surface area contributed by atoms with Crippen molar-refractivity contribution in [2.45, 2.75) is 20.4 Å². The Labute approximate surface area is 63.0 Å². The van der Waals surface area contributed by atoms with Crippen molar-refractivity contribution < 1.29 is 0 Å². The maximum Gasteiger partial charge on any atom is 0.177 e. The van der Waals surface area contributed by atoms with Gasteiger partial charge in [0.15, 0.2) is 4.73 Å². The van der Waals surface area contributed by atoms with E-state index in [1.54, 1.807) is 0 Å². The van der Waals surface area contributed by atoms with Crippen LogP contribution in [0.4, 0.5) is 0 Å². The fraction of sp³-hybridized carbons (Fsp3) is 0.500. The first-order valence-corrected chi connectivity index (χ1v) is 3.72. The predicted molar refractivity (Wildman–Crippen MR) is 40.3 cm³/mol. The van der Waals surface area contributed by atoms with Crippen molar-refractivity contribution in [3.05, 3.63) is 16.6 Å². The van der Waals surface area contributed by atoms with E-state index < -0.39 is 0 Å². The molecule has 0 amide bonds. The SMILES string of the molecule is CCn1cc(C)nc1Br. The van der Waals surface area contributed by atoms with E-state index in [0.29, 0.717) is 0 Å². The molecule has 0 N–H and O–H groups in total. The number of aryl methyl sites for hydroxylation is 2. The summed E-state index contributed by atoms with van der Waals surface area (Å²) in [6.45, 7) is 5.05. The lowest BCUT2D eigenvalue weighted by Crippen LogP contribution is -1.90. The third kappa shape index (κ3) is 1.33. The molecule has 0 aliphatic heterocycles. The van der Waals surface area contributed by atoms with Crippen LogP contribution in [0, 0.1) is 6.92 Å². The Morgan fingerprint density at radius 3 is 2.67 bits per heavy atom. The Bertz CT molecular complexity index is 205. The first-order chi connectivity index (χ1) is 4.24. The number of halogens is 1. The van der Waals surface area contributed by atoms with Gasteiger partial charge in [-0.15, -0.1) is 0 Å². The van der Waals surface area contributed by atoms with Crippen molar-refractivity contribution in [1.29, 1.82) is 0 Å². The van der Waals surface area contributed by atoms with Crippen LogP contribution in [0.3, 0.4) is 0 Å². The van der Waals surface area contributed by atoms with Crippen molar-refractivity contribution in [2.75, 3.05) is 0 Å². The minimum atomic E-state index is 0.919. The number of imidazole rings is 1. The number of hydrogen-bond acceptors (Lipinski definition) is 1. The largest absolute Gasteiger partial charge is 0.326 e. The summed E-state index contributed by atoms with van der Waals surface area (Å²) in [6.07, 6.45) is 2.02. The normalized spacial score (nSPS) is 10.1. The molecule has 0 saturated carbocycles. The lowest BCUT2D eigenvalue weighted by atomic mass is 10.6. The molecule has 0 aliphatic carbocycles. The number of hydrogen-bond donors (Lipinski definition) is 0. The van der Waals surface area contributed by atoms with E-state index in [9.17, 15) is 0 Å². The minimum Gasteiger partial charge on any atom is -0.326 e. The molecular weight excluding hydrogens is 180 g/mol. The summed E-state index contributed by atoms with van der Waals surface area (Å²) in [5, 5.41) is 0. The maximum atomic E-state index is 4.16. The lowest BCUT2D eigenvalue weighted by Gasteiger charge is -1.93. The molecule has 9 heavy (non-hydrogen) atoms. The first kappa shape index (κ1) is 6.81. The molecule has 1 heterocycles. The summed E-state index contributed by atoms with van der Waals surface area (Å²) in [5.74, 6) is 0. The molecule has 0 radical (unpaired) electrons. The van der Waals surface area contributed by atoms with Gasteiger partial charge in [0, 0.05) is 12.7 Å². The zero-order valence-electron chi connectivity index (χ0n) is 5.56. The molecule has 2 nitrogen and oxygen atoms in total. The van der Waals surface area contributed by atoms with Crippen LogP contribution in [0.1, 0.15) is 12.6 Å². The Morgan fingerprint density at radius 2 is 2.44 bits per heavy atom. The average Bonchev–Trinajstić information content (AvgIpc) is 2.10. The summed E-state index contributed by atoms with van der Waals surface area (Å²) < 4.78 is 2.97. The highest BCUT2D eigenvalue weighted by molar-refractivity contribution is 9.10. The number of aromatic nitrogens is 2. The summed E-state index contributed by atoms with van der Waals surface area (Å²) in [5.41, 5.74) is 1.06. The summed E-state index contributed by atoms with van der Waals surface area (Å²) in [7, 11) is 0. The number of rotatable bonds is 1. The molecule has 0 fully saturated rings. The van der Waals surface area contributed by atoms with E-state index in [2.05, 4.69) is 32.4 Å². The van der Waals surface area contributed by atoms with Gasteiger partial charge in [-0.05, 0) is 29.8 Å². The second-order valence-corrected chi connectivity index (χ2v) is 2.65. The second-order valence-electron chi connectivity index (χ2n) is 1.94. The van der Waals surface area contributed by atoms with Crippen LogP contribution >= 0.6 is 15.9 Å².